The van der Waals surface area contributed by atoms with E-state index in [4.69, 9.17) is 5.11 Å². The minimum atomic E-state index is -1.78. The Hall–Kier alpha value is -4.42. The summed E-state index contributed by atoms with van der Waals surface area (Å²) >= 11 is 3.94. The SMILES string of the molecule is CC[C@@H](C)[C@@H](NC(=O)[C@H](CC(=O)O)NC(=O)[C@H](CC(=O)O)NC(C)=O)C(=O)N[C@H](C(=O)N1CCC[C@H]1C(=O)N[C@@H](CS)C(=O)O)C(C)C. The fourth-order valence-corrected chi connectivity index (χ4v) is 5.18. The van der Waals surface area contributed by atoms with Crippen molar-refractivity contribution in [2.75, 3.05) is 12.3 Å². The molecular weight excluding hydrogens is 656 g/mol. The second-order valence-electron chi connectivity index (χ2n) is 11.9. The Morgan fingerprint density at radius 1 is 0.750 bits per heavy atom. The van der Waals surface area contributed by atoms with Gasteiger partial charge in [0.2, 0.25) is 35.4 Å². The van der Waals surface area contributed by atoms with Gasteiger partial charge >= 0.3 is 17.9 Å². The number of thiol groups is 1. The Morgan fingerprint density at radius 2 is 1.27 bits per heavy atom. The number of amides is 6. The molecule has 19 heteroatoms. The standard InChI is InChI=1S/C29H46N6O12S/c1-6-14(4)23(34-25(42)17(11-21(39)40)31-24(41)16(10-20(37)38)30-15(5)36)27(44)33-22(13(2)3)28(45)35-9-7-8-19(35)26(43)32-18(12-48)29(46)47/h13-14,16-19,22-23,48H,6-12H2,1-5H3,(H,30,36)(H,31,41)(H,32,43)(H,33,44)(H,34,42)(H,37,38)(H,39,40)(H,46,47)/t14-,16+,17+,18+,19+,22+,23-/m1/s1. The second kappa shape index (κ2) is 19.4. The van der Waals surface area contributed by atoms with Gasteiger partial charge in [-0.05, 0) is 24.7 Å². The van der Waals surface area contributed by atoms with Gasteiger partial charge in [0.25, 0.3) is 0 Å². The first-order chi connectivity index (χ1) is 22.3. The van der Waals surface area contributed by atoms with Crippen LogP contribution >= 0.6 is 12.6 Å². The van der Waals surface area contributed by atoms with Gasteiger partial charge in [-0.25, -0.2) is 4.79 Å². The average molecular weight is 703 g/mol. The fourth-order valence-electron chi connectivity index (χ4n) is 4.93. The van der Waals surface area contributed by atoms with Crippen molar-refractivity contribution in [2.45, 2.75) is 103 Å². The van der Waals surface area contributed by atoms with E-state index in [1.807, 2.05) is 0 Å². The van der Waals surface area contributed by atoms with Crippen LogP contribution in [0.4, 0.5) is 0 Å². The summed E-state index contributed by atoms with van der Waals surface area (Å²) < 4.78 is 0. The lowest BCUT2D eigenvalue weighted by atomic mass is 9.95. The van der Waals surface area contributed by atoms with Crippen LogP contribution in [0.5, 0.6) is 0 Å². The zero-order valence-corrected chi connectivity index (χ0v) is 28.4. The maximum absolute atomic E-state index is 13.7. The molecule has 7 atom stereocenters. The third-order valence-electron chi connectivity index (χ3n) is 7.74. The molecule has 0 aliphatic carbocycles. The summed E-state index contributed by atoms with van der Waals surface area (Å²) in [5, 5.41) is 39.5. The van der Waals surface area contributed by atoms with Crippen LogP contribution in [-0.4, -0.2) is 122 Å². The number of nitrogens with one attached hydrogen (secondary N) is 5. The lowest BCUT2D eigenvalue weighted by Crippen LogP contribution is -2.61. The topological polar surface area (TPSA) is 278 Å². The molecule has 270 valence electrons. The van der Waals surface area contributed by atoms with E-state index in [0.29, 0.717) is 12.8 Å². The first kappa shape index (κ1) is 41.6. The maximum atomic E-state index is 13.7. The highest BCUT2D eigenvalue weighted by molar-refractivity contribution is 7.80. The van der Waals surface area contributed by atoms with E-state index < -0.39 is 114 Å². The van der Waals surface area contributed by atoms with Crippen LogP contribution in [0.3, 0.4) is 0 Å². The van der Waals surface area contributed by atoms with Crippen molar-refractivity contribution in [2.24, 2.45) is 11.8 Å². The van der Waals surface area contributed by atoms with E-state index >= 15 is 0 Å². The van der Waals surface area contributed by atoms with Gasteiger partial charge in [-0.3, -0.25) is 38.4 Å². The molecule has 0 aromatic carbocycles. The first-order valence-electron chi connectivity index (χ1n) is 15.4. The van der Waals surface area contributed by atoms with E-state index in [2.05, 4.69) is 39.2 Å². The quantitative estimate of drug-likeness (QED) is 0.0667. The molecule has 1 heterocycles. The molecule has 0 saturated carbocycles. The Bertz CT molecular complexity index is 1230. The average Bonchev–Trinajstić information content (AvgIpc) is 3.48. The van der Waals surface area contributed by atoms with Crippen LogP contribution in [0, 0.1) is 11.8 Å². The molecule has 48 heavy (non-hydrogen) atoms. The zero-order valence-electron chi connectivity index (χ0n) is 27.5. The molecule has 6 amide bonds. The van der Waals surface area contributed by atoms with Crippen molar-refractivity contribution >= 4 is 66.0 Å². The molecule has 0 unspecified atom stereocenters. The molecule has 0 radical (unpaired) electrons. The smallest absolute Gasteiger partial charge is 0.327 e. The monoisotopic (exact) mass is 702 g/mol. The van der Waals surface area contributed by atoms with E-state index in [0.717, 1.165) is 6.92 Å². The lowest BCUT2D eigenvalue weighted by Gasteiger charge is -2.33. The van der Waals surface area contributed by atoms with Crippen LogP contribution in [0.1, 0.15) is 66.7 Å². The molecular formula is C29H46N6O12S. The minimum absolute atomic E-state index is 0.165. The van der Waals surface area contributed by atoms with Crippen molar-refractivity contribution in [1.29, 1.82) is 0 Å². The summed E-state index contributed by atoms with van der Waals surface area (Å²) in [6.07, 6.45) is -0.772. The van der Waals surface area contributed by atoms with Crippen molar-refractivity contribution in [1.82, 2.24) is 31.5 Å². The van der Waals surface area contributed by atoms with Gasteiger partial charge in [-0.15, -0.1) is 0 Å². The van der Waals surface area contributed by atoms with Gasteiger partial charge < -0.3 is 46.8 Å². The third-order valence-corrected chi connectivity index (χ3v) is 8.11. The molecule has 1 aliphatic heterocycles. The zero-order chi connectivity index (χ0) is 36.9. The Labute approximate surface area is 282 Å². The van der Waals surface area contributed by atoms with Crippen molar-refractivity contribution < 1.29 is 58.5 Å². The molecule has 0 spiro atoms. The number of hydrogen-bond donors (Lipinski definition) is 9. The number of carboxylic acid groups (broad SMARTS) is 3. The van der Waals surface area contributed by atoms with Crippen molar-refractivity contribution in [3.05, 3.63) is 0 Å². The Morgan fingerprint density at radius 3 is 1.73 bits per heavy atom. The summed E-state index contributed by atoms with van der Waals surface area (Å²) in [6.45, 7) is 7.82. The van der Waals surface area contributed by atoms with Gasteiger partial charge in [-0.2, -0.15) is 12.6 Å². The molecule has 1 rings (SSSR count). The number of likely N-dealkylation sites (tertiary alicyclic amines) is 1. The van der Waals surface area contributed by atoms with Gasteiger partial charge in [0.05, 0.1) is 12.8 Å². The van der Waals surface area contributed by atoms with E-state index in [1.54, 1.807) is 27.7 Å². The molecule has 18 nitrogen and oxygen atoms in total. The lowest BCUT2D eigenvalue weighted by molar-refractivity contribution is -0.145. The number of aliphatic carboxylic acids is 3. The van der Waals surface area contributed by atoms with Crippen LogP contribution in [0.15, 0.2) is 0 Å². The summed E-state index contributed by atoms with van der Waals surface area (Å²) in [7, 11) is 0. The molecule has 1 aliphatic rings. The predicted molar refractivity (Wildman–Crippen MR) is 170 cm³/mol. The number of carbonyl (C=O) groups is 9. The largest absolute Gasteiger partial charge is 0.481 e. The van der Waals surface area contributed by atoms with Crippen LogP contribution in [-0.2, 0) is 43.2 Å². The van der Waals surface area contributed by atoms with Crippen LogP contribution in [0.2, 0.25) is 0 Å². The number of carboxylic acids is 3. The third kappa shape index (κ3) is 12.6. The van der Waals surface area contributed by atoms with Gasteiger partial charge in [0, 0.05) is 19.2 Å². The highest BCUT2D eigenvalue weighted by atomic mass is 32.1. The summed E-state index contributed by atoms with van der Waals surface area (Å²) in [5.41, 5.74) is 0. The number of carbonyl (C=O) groups excluding carboxylic acids is 6. The minimum Gasteiger partial charge on any atom is -0.481 e. The first-order valence-corrected chi connectivity index (χ1v) is 16.0. The van der Waals surface area contributed by atoms with Gasteiger partial charge in [0.15, 0.2) is 0 Å². The van der Waals surface area contributed by atoms with E-state index in [9.17, 15) is 53.4 Å². The maximum Gasteiger partial charge on any atom is 0.327 e. The van der Waals surface area contributed by atoms with Crippen LogP contribution < -0.4 is 26.6 Å². The number of rotatable bonds is 19. The molecule has 0 aromatic rings. The summed E-state index contributed by atoms with van der Waals surface area (Å²) in [5.74, 6) is -10.6. The van der Waals surface area contributed by atoms with E-state index in [-0.39, 0.29) is 18.7 Å². The highest BCUT2D eigenvalue weighted by Crippen LogP contribution is 2.21. The number of hydrogen-bond acceptors (Lipinski definition) is 10. The van der Waals surface area contributed by atoms with Gasteiger partial charge in [0.1, 0.15) is 36.3 Å². The second-order valence-corrected chi connectivity index (χ2v) is 12.2. The molecule has 0 bridgehead atoms. The van der Waals surface area contributed by atoms with Crippen molar-refractivity contribution in [3.63, 3.8) is 0 Å². The Kier molecular flexibility index (Phi) is 16.8. The molecule has 0 aromatic heterocycles. The highest BCUT2D eigenvalue weighted by Gasteiger charge is 2.41. The number of nitrogens with zero attached hydrogens (tertiary/aromatic N) is 1. The molecule has 8 N–H and O–H groups in total. The summed E-state index contributed by atoms with van der Waals surface area (Å²) in [4.78, 5) is 113. The van der Waals surface area contributed by atoms with Crippen LogP contribution in [0.25, 0.3) is 0 Å². The van der Waals surface area contributed by atoms with Gasteiger partial charge in [-0.1, -0.05) is 34.1 Å². The Balaban J connectivity index is 3.23. The van der Waals surface area contributed by atoms with E-state index in [1.165, 1.54) is 4.90 Å². The fraction of sp³-hybridized carbons (Fsp3) is 0.690. The molecule has 1 fully saturated rings. The normalized spacial score (nSPS) is 17.9. The molecule has 1 saturated heterocycles. The summed E-state index contributed by atoms with van der Waals surface area (Å²) in [6, 6.07) is -8.19. The van der Waals surface area contributed by atoms with Crippen molar-refractivity contribution in [3.8, 4) is 0 Å². The predicted octanol–water partition coefficient (Wildman–Crippen LogP) is -1.91.